The lowest BCUT2D eigenvalue weighted by atomic mass is 9.86. The van der Waals surface area contributed by atoms with Crippen LogP contribution in [0.4, 0.5) is 0 Å². The number of rotatable bonds is 1. The van der Waals surface area contributed by atoms with Crippen LogP contribution in [0, 0.1) is 5.92 Å². The van der Waals surface area contributed by atoms with Crippen LogP contribution in [0.5, 0.6) is 0 Å². The number of fused-ring (bicyclic) bond motifs is 1. The molecular formula is C13H22N2. The molecule has 3 aliphatic rings. The summed E-state index contributed by atoms with van der Waals surface area (Å²) in [5.41, 5.74) is 1.52. The molecule has 2 nitrogen and oxygen atoms in total. The van der Waals surface area contributed by atoms with Crippen molar-refractivity contribution >= 4 is 0 Å². The first kappa shape index (κ1) is 9.71. The molecule has 1 saturated carbocycles. The fourth-order valence-electron chi connectivity index (χ4n) is 3.37. The van der Waals surface area contributed by atoms with E-state index in [9.17, 15) is 0 Å². The van der Waals surface area contributed by atoms with E-state index in [1.54, 1.807) is 0 Å². The van der Waals surface area contributed by atoms with Gasteiger partial charge in [-0.1, -0.05) is 25.3 Å². The summed E-state index contributed by atoms with van der Waals surface area (Å²) in [6, 6.07) is 1.42. The van der Waals surface area contributed by atoms with Crippen LogP contribution in [-0.2, 0) is 0 Å². The average Bonchev–Trinajstić information content (AvgIpc) is 2.74. The maximum absolute atomic E-state index is 3.76. The van der Waals surface area contributed by atoms with Gasteiger partial charge in [0.15, 0.2) is 0 Å². The van der Waals surface area contributed by atoms with E-state index in [0.29, 0.717) is 6.04 Å². The quantitative estimate of drug-likeness (QED) is 0.687. The monoisotopic (exact) mass is 206 g/mol. The summed E-state index contributed by atoms with van der Waals surface area (Å²) < 4.78 is 0. The molecule has 0 amide bonds. The summed E-state index contributed by atoms with van der Waals surface area (Å²) in [4.78, 5) is 0. The Balaban J connectivity index is 1.66. The van der Waals surface area contributed by atoms with Gasteiger partial charge in [0.05, 0.1) is 0 Å². The number of nitrogens with one attached hydrogen (secondary N) is 2. The van der Waals surface area contributed by atoms with Gasteiger partial charge in [-0.15, -0.1) is 0 Å². The molecule has 2 aliphatic heterocycles. The predicted octanol–water partition coefficient (Wildman–Crippen LogP) is 2.17. The van der Waals surface area contributed by atoms with Gasteiger partial charge in [0.2, 0.25) is 0 Å². The van der Waals surface area contributed by atoms with Gasteiger partial charge in [0.1, 0.15) is 0 Å². The molecule has 1 aliphatic carbocycles. The first-order valence-electron chi connectivity index (χ1n) is 6.65. The first-order valence-corrected chi connectivity index (χ1v) is 6.65. The van der Waals surface area contributed by atoms with Crippen molar-refractivity contribution in [3.05, 3.63) is 11.8 Å². The molecule has 0 aromatic heterocycles. The van der Waals surface area contributed by atoms with Crippen molar-refractivity contribution in [3.8, 4) is 0 Å². The van der Waals surface area contributed by atoms with E-state index in [0.717, 1.165) is 12.0 Å². The number of hydrogen-bond acceptors (Lipinski definition) is 2. The zero-order chi connectivity index (χ0) is 10.1. The van der Waals surface area contributed by atoms with Gasteiger partial charge >= 0.3 is 0 Å². The molecule has 1 saturated heterocycles. The first-order chi connectivity index (χ1) is 7.43. The van der Waals surface area contributed by atoms with E-state index in [1.165, 1.54) is 57.2 Å². The Morgan fingerprint density at radius 2 is 1.87 bits per heavy atom. The molecule has 2 N–H and O–H groups in total. The van der Waals surface area contributed by atoms with E-state index in [2.05, 4.69) is 16.7 Å². The van der Waals surface area contributed by atoms with Crippen LogP contribution in [0.3, 0.4) is 0 Å². The Labute approximate surface area is 92.5 Å². The largest absolute Gasteiger partial charge is 0.384 e. The molecule has 2 fully saturated rings. The second kappa shape index (κ2) is 4.17. The van der Waals surface area contributed by atoms with Crippen LogP contribution in [-0.4, -0.2) is 18.6 Å². The smallest absolute Gasteiger partial charge is 0.0466 e. The molecule has 3 unspecified atom stereocenters. The average molecular weight is 206 g/mol. The second-order valence-corrected chi connectivity index (χ2v) is 5.32. The van der Waals surface area contributed by atoms with Crippen LogP contribution >= 0.6 is 0 Å². The molecule has 0 spiro atoms. The van der Waals surface area contributed by atoms with E-state index >= 15 is 0 Å². The zero-order valence-electron chi connectivity index (χ0n) is 9.47. The highest BCUT2D eigenvalue weighted by Gasteiger charge is 2.32. The van der Waals surface area contributed by atoms with Gasteiger partial charge in [-0.25, -0.2) is 0 Å². The van der Waals surface area contributed by atoms with Crippen molar-refractivity contribution in [2.45, 2.75) is 57.0 Å². The van der Waals surface area contributed by atoms with Crippen LogP contribution in [0.15, 0.2) is 11.8 Å². The minimum atomic E-state index is 0.643. The van der Waals surface area contributed by atoms with Crippen molar-refractivity contribution in [3.63, 3.8) is 0 Å². The fraction of sp³-hybridized carbons (Fsp3) is 0.846. The Bertz CT molecular complexity index is 253. The second-order valence-electron chi connectivity index (χ2n) is 5.32. The summed E-state index contributed by atoms with van der Waals surface area (Å²) in [6.07, 6.45) is 12.3. The minimum Gasteiger partial charge on any atom is -0.384 e. The van der Waals surface area contributed by atoms with Crippen molar-refractivity contribution in [1.29, 1.82) is 0 Å². The Morgan fingerprint density at radius 3 is 2.67 bits per heavy atom. The van der Waals surface area contributed by atoms with Gasteiger partial charge in [-0.3, -0.25) is 0 Å². The lowest BCUT2D eigenvalue weighted by Gasteiger charge is -2.28. The van der Waals surface area contributed by atoms with E-state index < -0.39 is 0 Å². The molecule has 0 radical (unpaired) electrons. The highest BCUT2D eigenvalue weighted by Crippen LogP contribution is 2.32. The third kappa shape index (κ3) is 1.92. The Morgan fingerprint density at radius 1 is 1.00 bits per heavy atom. The summed E-state index contributed by atoms with van der Waals surface area (Å²) >= 11 is 0. The minimum absolute atomic E-state index is 0.643. The summed E-state index contributed by atoms with van der Waals surface area (Å²) in [5, 5.41) is 7.40. The molecule has 15 heavy (non-hydrogen) atoms. The zero-order valence-corrected chi connectivity index (χ0v) is 9.47. The lowest BCUT2D eigenvalue weighted by Crippen LogP contribution is -2.41. The van der Waals surface area contributed by atoms with Crippen LogP contribution in [0.25, 0.3) is 0 Å². The van der Waals surface area contributed by atoms with Crippen molar-refractivity contribution in [2.75, 3.05) is 6.54 Å². The Kier molecular flexibility index (Phi) is 2.70. The highest BCUT2D eigenvalue weighted by atomic mass is 15.0. The molecular weight excluding hydrogens is 184 g/mol. The Hall–Kier alpha value is -0.500. The molecule has 2 heterocycles. The van der Waals surface area contributed by atoms with Crippen LogP contribution < -0.4 is 10.6 Å². The van der Waals surface area contributed by atoms with Crippen molar-refractivity contribution in [1.82, 2.24) is 10.6 Å². The summed E-state index contributed by atoms with van der Waals surface area (Å²) in [5.74, 6) is 0.845. The molecule has 3 atom stereocenters. The predicted molar refractivity (Wildman–Crippen MR) is 62.6 cm³/mol. The third-order valence-corrected chi connectivity index (χ3v) is 4.25. The third-order valence-electron chi connectivity index (χ3n) is 4.25. The molecule has 84 valence electrons. The molecule has 0 aromatic rings. The normalized spacial score (nSPS) is 40.5. The summed E-state index contributed by atoms with van der Waals surface area (Å²) in [7, 11) is 0. The van der Waals surface area contributed by atoms with Gasteiger partial charge in [0, 0.05) is 17.8 Å². The van der Waals surface area contributed by atoms with Crippen LogP contribution in [0.1, 0.15) is 44.9 Å². The maximum Gasteiger partial charge on any atom is 0.0466 e. The van der Waals surface area contributed by atoms with Gasteiger partial charge in [-0.2, -0.15) is 0 Å². The van der Waals surface area contributed by atoms with Gasteiger partial charge < -0.3 is 10.6 Å². The standard InChI is InChI=1S/C13H22N2/c1-2-6-11-10(5-1)9-13(15-11)12-7-3-4-8-14-12/h9-12,14-15H,1-8H2. The van der Waals surface area contributed by atoms with E-state index in [1.807, 2.05) is 0 Å². The molecule has 3 rings (SSSR count). The molecule has 2 heteroatoms. The maximum atomic E-state index is 3.76. The topological polar surface area (TPSA) is 24.1 Å². The van der Waals surface area contributed by atoms with Gasteiger partial charge in [0.25, 0.3) is 0 Å². The van der Waals surface area contributed by atoms with Gasteiger partial charge in [-0.05, 0) is 38.1 Å². The van der Waals surface area contributed by atoms with E-state index in [-0.39, 0.29) is 0 Å². The van der Waals surface area contributed by atoms with Crippen LogP contribution in [0.2, 0.25) is 0 Å². The van der Waals surface area contributed by atoms with Crippen molar-refractivity contribution < 1.29 is 0 Å². The molecule has 0 bridgehead atoms. The van der Waals surface area contributed by atoms with E-state index in [4.69, 9.17) is 0 Å². The summed E-state index contributed by atoms with van der Waals surface area (Å²) in [6.45, 7) is 1.21. The number of piperidine rings is 1. The highest BCUT2D eigenvalue weighted by molar-refractivity contribution is 5.20. The SMILES string of the molecule is C1=C(C2CCCCN2)NC2CCCCC12. The lowest BCUT2D eigenvalue weighted by molar-refractivity contribution is 0.341. The number of hydrogen-bond donors (Lipinski definition) is 2. The van der Waals surface area contributed by atoms with Crippen molar-refractivity contribution in [2.24, 2.45) is 5.92 Å². The fourth-order valence-corrected chi connectivity index (χ4v) is 3.37. The molecule has 0 aromatic carbocycles.